The summed E-state index contributed by atoms with van der Waals surface area (Å²) in [5.41, 5.74) is 5.62. The Morgan fingerprint density at radius 3 is 1.78 bits per heavy atom. The molecule has 0 fully saturated rings. The molecule has 0 aliphatic carbocycles. The quantitative estimate of drug-likeness (QED) is 0.492. The highest BCUT2D eigenvalue weighted by Gasteiger charge is 2.41. The highest BCUT2D eigenvalue weighted by atomic mass is 32.3. The molecule has 0 aliphatic heterocycles. The molecular formula is C4H15B4N5O2P2S. The summed E-state index contributed by atoms with van der Waals surface area (Å²) >= 11 is 0. The Morgan fingerprint density at radius 2 is 1.56 bits per heavy atom. The zero-order valence-electron chi connectivity index (χ0n) is 10.8. The van der Waals surface area contributed by atoms with Crippen LogP contribution in [0.5, 0.6) is 0 Å². The summed E-state index contributed by atoms with van der Waals surface area (Å²) in [4.78, 5) is 1.92. The number of nitrogens with one attached hydrogen (secondary N) is 1. The van der Waals surface area contributed by atoms with Gasteiger partial charge in [0, 0.05) is 0 Å². The van der Waals surface area contributed by atoms with E-state index in [4.69, 9.17) is 37.4 Å². The molecule has 7 nitrogen and oxygen atoms in total. The van der Waals surface area contributed by atoms with Crippen molar-refractivity contribution in [2.24, 2.45) is 5.50 Å². The third-order valence-electron chi connectivity index (χ3n) is 2.01. The van der Waals surface area contributed by atoms with Gasteiger partial charge in [0.05, 0.1) is 0 Å². The smallest absolute Gasteiger partial charge is 0.273 e. The van der Waals surface area contributed by atoms with E-state index in [1.165, 1.54) is 7.05 Å². The molecule has 2 unspecified atom stereocenters. The molecule has 0 saturated carbocycles. The first kappa shape index (κ1) is 18.9. The number of nitrogens with two attached hydrogens (primary N) is 1. The first-order valence-corrected chi connectivity index (χ1v) is 10.7. The molecule has 0 aliphatic rings. The van der Waals surface area contributed by atoms with Gasteiger partial charge in [-0.2, -0.15) is 10.2 Å². The molecule has 0 aromatic heterocycles. The van der Waals surface area contributed by atoms with Crippen LogP contribution in [-0.4, -0.2) is 70.7 Å². The molecule has 0 spiro atoms. The van der Waals surface area contributed by atoms with Crippen molar-refractivity contribution in [1.29, 1.82) is 0 Å². The van der Waals surface area contributed by atoms with Gasteiger partial charge in [0.1, 0.15) is 0 Å². The molecule has 0 aromatic rings. The van der Waals surface area contributed by atoms with Gasteiger partial charge in [0.2, 0.25) is 16.0 Å². The van der Waals surface area contributed by atoms with E-state index in [1.54, 1.807) is 18.8 Å². The van der Waals surface area contributed by atoms with E-state index in [0.717, 1.165) is 3.99 Å². The summed E-state index contributed by atoms with van der Waals surface area (Å²) in [5, 5.41) is 0. The largest absolute Gasteiger partial charge is 0.296 e. The van der Waals surface area contributed by atoms with E-state index in [-0.39, 0.29) is 0 Å². The molecule has 0 bridgehead atoms. The fraction of sp³-hybridized carbons (Fsp3) is 1.00. The van der Waals surface area contributed by atoms with Gasteiger partial charge in [-0.15, -0.1) is 0 Å². The first-order chi connectivity index (χ1) is 7.81. The van der Waals surface area contributed by atoms with Gasteiger partial charge in [-0.05, 0) is 25.8 Å². The average Bonchev–Trinajstić information content (AvgIpc) is 2.24. The van der Waals surface area contributed by atoms with Gasteiger partial charge >= 0.3 is 0 Å². The lowest BCUT2D eigenvalue weighted by atomic mass is 10.5. The Bertz CT molecular complexity index is 392. The van der Waals surface area contributed by atoms with Crippen molar-refractivity contribution in [3.63, 3.8) is 0 Å². The third kappa shape index (κ3) is 3.70. The van der Waals surface area contributed by atoms with Crippen LogP contribution in [0.2, 0.25) is 0 Å². The lowest BCUT2D eigenvalue weighted by Gasteiger charge is -2.47. The average molecular weight is 302 g/mol. The van der Waals surface area contributed by atoms with Gasteiger partial charge in [0.15, 0.2) is 16.0 Å². The molecule has 0 saturated heterocycles. The summed E-state index contributed by atoms with van der Waals surface area (Å²) in [7, 11) is 13.5. The Kier molecular flexibility index (Phi) is 6.40. The van der Waals surface area contributed by atoms with E-state index in [2.05, 4.69) is 0 Å². The Hall–Kier alpha value is 0.870. The molecule has 0 heterocycles. The fourth-order valence-corrected chi connectivity index (χ4v) is 7.07. The minimum absolute atomic E-state index is 0.401. The normalized spacial score (nSPS) is 20.9. The van der Waals surface area contributed by atoms with Gasteiger partial charge in [-0.3, -0.25) is 24.2 Å². The van der Waals surface area contributed by atoms with E-state index >= 15 is 0 Å². The van der Waals surface area contributed by atoms with Gasteiger partial charge < -0.3 is 0 Å². The Balaban J connectivity index is 5.51. The van der Waals surface area contributed by atoms with E-state index in [0.29, 0.717) is 8.93 Å². The van der Waals surface area contributed by atoms with Crippen LogP contribution < -0.4 is 10.5 Å². The predicted molar refractivity (Wildman–Crippen MR) is 82.4 cm³/mol. The number of hydrogen-bond donors (Lipinski definition) is 2. The van der Waals surface area contributed by atoms with Gasteiger partial charge in [-0.1, -0.05) is 0 Å². The fourth-order valence-electron chi connectivity index (χ4n) is 0.910. The summed E-state index contributed by atoms with van der Waals surface area (Å²) in [6.07, 6.45) is 5.23. The lowest BCUT2D eigenvalue weighted by molar-refractivity contribution is 0.508. The highest BCUT2D eigenvalue weighted by Crippen LogP contribution is 2.65. The molecular weight excluding hydrogens is 287 g/mol. The summed E-state index contributed by atoms with van der Waals surface area (Å²) < 4.78 is 26.7. The highest BCUT2D eigenvalue weighted by molar-refractivity contribution is 8.33. The molecule has 0 rings (SSSR count). The van der Waals surface area contributed by atoms with Crippen LogP contribution in [0.25, 0.3) is 0 Å². The van der Waals surface area contributed by atoms with Crippen molar-refractivity contribution >= 4 is 57.3 Å². The van der Waals surface area contributed by atoms with Crippen molar-refractivity contribution in [3.05, 3.63) is 0 Å². The van der Waals surface area contributed by atoms with Crippen molar-refractivity contribution in [2.75, 3.05) is 25.8 Å². The minimum Gasteiger partial charge on any atom is -0.296 e. The third-order valence-corrected chi connectivity index (χ3v) is 9.70. The number of rotatable bonds is 6. The molecule has 2 atom stereocenters. The second-order valence-corrected chi connectivity index (χ2v) is 13.2. The maximum atomic E-state index is 12.4. The van der Waals surface area contributed by atoms with Crippen LogP contribution in [0.4, 0.5) is 0 Å². The van der Waals surface area contributed by atoms with Crippen molar-refractivity contribution < 1.29 is 9.13 Å². The van der Waals surface area contributed by atoms with E-state index in [9.17, 15) is 9.13 Å². The van der Waals surface area contributed by atoms with E-state index < -0.39 is 25.4 Å². The second-order valence-electron chi connectivity index (χ2n) is 4.23. The molecule has 14 heteroatoms. The molecule has 18 heavy (non-hydrogen) atoms. The predicted octanol–water partition coefficient (Wildman–Crippen LogP) is -0.770. The van der Waals surface area contributed by atoms with Crippen LogP contribution >= 0.6 is 25.4 Å². The van der Waals surface area contributed by atoms with Crippen LogP contribution in [0, 0.1) is 0 Å². The molecule has 3 N–H and O–H groups in total. The maximum Gasteiger partial charge on any atom is 0.273 e. The Morgan fingerprint density at radius 1 is 1.17 bits per heavy atom. The minimum atomic E-state index is -3.96. The summed E-state index contributed by atoms with van der Waals surface area (Å²) in [6.45, 7) is 0. The van der Waals surface area contributed by atoms with Crippen molar-refractivity contribution in [3.8, 4) is 0 Å². The number of hydrogen-bond acceptors (Lipinski definition) is 2. The second kappa shape index (κ2) is 6.10. The Labute approximate surface area is 116 Å². The summed E-state index contributed by atoms with van der Waals surface area (Å²) in [5.74, 6) is 0. The standard InChI is InChI=1S/C4H15B4N5O2P2S/c1-11(6)17(15,10-5)12(7)16(9,14)13(8)18(2,3)4/h1-4H3,(H2,9,14)(H,10,15). The SMILES string of the molecule is [B]NP(=O)(N([B])C)N([B])P(N)(=O)N([B])S(C)(C)C. The van der Waals surface area contributed by atoms with Crippen molar-refractivity contribution in [2.45, 2.75) is 0 Å². The maximum absolute atomic E-state index is 12.4. The van der Waals surface area contributed by atoms with Gasteiger partial charge in [-0.25, -0.2) is 8.34 Å². The monoisotopic (exact) mass is 303 g/mol. The zero-order chi connectivity index (χ0) is 14.9. The zero-order valence-corrected chi connectivity index (χ0v) is 13.5. The van der Waals surface area contributed by atoms with E-state index in [1.807, 2.05) is 5.00 Å². The van der Waals surface area contributed by atoms with Crippen LogP contribution in [-0.2, 0) is 9.13 Å². The number of nitrogens with zero attached hydrogens (tertiary/aromatic N) is 3. The van der Waals surface area contributed by atoms with Crippen LogP contribution in [0.15, 0.2) is 0 Å². The lowest BCUT2D eigenvalue weighted by Crippen LogP contribution is -2.39. The molecule has 0 aromatic carbocycles. The van der Waals surface area contributed by atoms with Gasteiger partial charge in [0.25, 0.3) is 15.2 Å². The topological polar surface area (TPSA) is 81.9 Å². The first-order valence-electron chi connectivity index (χ1n) is 4.56. The van der Waals surface area contributed by atoms with Crippen LogP contribution in [0.1, 0.15) is 0 Å². The summed E-state index contributed by atoms with van der Waals surface area (Å²) in [6, 6.07) is 0. The van der Waals surface area contributed by atoms with Crippen LogP contribution in [0.3, 0.4) is 0 Å². The molecule has 96 valence electrons. The molecule has 8 radical (unpaired) electrons. The van der Waals surface area contributed by atoms with Crippen molar-refractivity contribution in [1.82, 2.24) is 17.9 Å². The molecule has 0 amide bonds.